The number of hydrazone groups is 1. The molecule has 0 amide bonds. The van der Waals surface area contributed by atoms with E-state index in [4.69, 9.17) is 11.6 Å². The Balaban J connectivity index is 2.26. The Morgan fingerprint density at radius 2 is 1.77 bits per heavy atom. The van der Waals surface area contributed by atoms with E-state index in [1.165, 1.54) is 18.3 Å². The average molecular weight is 340 g/mol. The van der Waals surface area contributed by atoms with Crippen LogP contribution in [0.5, 0.6) is 0 Å². The van der Waals surface area contributed by atoms with Crippen LogP contribution >= 0.6 is 11.6 Å². The molecule has 2 aromatic carbocycles. The SMILES string of the molecule is O=[N+]([O-])c1ccccc1S(=O)(=O)N/N=C/c1ccccc1Cl. The third-order valence-electron chi connectivity index (χ3n) is 2.63. The van der Waals surface area contributed by atoms with Crippen molar-refractivity contribution >= 4 is 33.5 Å². The Bertz CT molecular complexity index is 837. The second-order valence-electron chi connectivity index (χ2n) is 4.10. The summed E-state index contributed by atoms with van der Waals surface area (Å²) in [4.78, 5) is 11.6. The van der Waals surface area contributed by atoms with Crippen LogP contribution in [0.25, 0.3) is 0 Å². The van der Waals surface area contributed by atoms with Gasteiger partial charge in [-0.1, -0.05) is 41.9 Å². The predicted octanol–water partition coefficient (Wildman–Crippen LogP) is 2.56. The van der Waals surface area contributed by atoms with E-state index in [1.54, 1.807) is 24.3 Å². The zero-order valence-corrected chi connectivity index (χ0v) is 12.6. The van der Waals surface area contributed by atoms with E-state index in [2.05, 4.69) is 5.10 Å². The third-order valence-corrected chi connectivity index (χ3v) is 4.25. The maximum absolute atomic E-state index is 12.1. The van der Waals surface area contributed by atoms with Crippen molar-refractivity contribution in [3.05, 3.63) is 69.2 Å². The van der Waals surface area contributed by atoms with Gasteiger partial charge in [0.05, 0.1) is 11.1 Å². The molecule has 22 heavy (non-hydrogen) atoms. The highest BCUT2D eigenvalue weighted by atomic mass is 35.5. The van der Waals surface area contributed by atoms with Crippen LogP contribution in [0, 0.1) is 10.1 Å². The Kier molecular flexibility index (Phi) is 4.74. The number of hydrogen-bond acceptors (Lipinski definition) is 5. The molecule has 2 aromatic rings. The minimum Gasteiger partial charge on any atom is -0.258 e. The van der Waals surface area contributed by atoms with E-state index in [1.807, 2.05) is 4.83 Å². The van der Waals surface area contributed by atoms with E-state index in [-0.39, 0.29) is 0 Å². The zero-order chi connectivity index (χ0) is 16.2. The summed E-state index contributed by atoms with van der Waals surface area (Å²) < 4.78 is 24.1. The number of hydrogen-bond donors (Lipinski definition) is 1. The molecule has 0 bridgehead atoms. The second-order valence-corrected chi connectivity index (χ2v) is 6.14. The molecule has 0 aromatic heterocycles. The Morgan fingerprint density at radius 1 is 1.14 bits per heavy atom. The number of sulfonamides is 1. The lowest BCUT2D eigenvalue weighted by atomic mass is 10.2. The van der Waals surface area contributed by atoms with Crippen molar-refractivity contribution in [3.63, 3.8) is 0 Å². The summed E-state index contributed by atoms with van der Waals surface area (Å²) >= 11 is 5.90. The fraction of sp³-hybridized carbons (Fsp3) is 0. The summed E-state index contributed by atoms with van der Waals surface area (Å²) in [5.41, 5.74) is -0.0163. The Hall–Kier alpha value is -2.45. The summed E-state index contributed by atoms with van der Waals surface area (Å²) in [5, 5.41) is 14.8. The lowest BCUT2D eigenvalue weighted by molar-refractivity contribution is -0.387. The second kappa shape index (κ2) is 6.54. The van der Waals surface area contributed by atoms with Gasteiger partial charge in [-0.2, -0.15) is 18.4 Å². The first-order chi connectivity index (χ1) is 10.4. The molecule has 9 heteroatoms. The third kappa shape index (κ3) is 3.60. The fourth-order valence-corrected chi connectivity index (χ4v) is 2.78. The normalized spacial score (nSPS) is 11.5. The Labute approximate surface area is 131 Å². The van der Waals surface area contributed by atoms with Crippen molar-refractivity contribution in [1.82, 2.24) is 4.83 Å². The van der Waals surface area contributed by atoms with Crippen LogP contribution in [-0.4, -0.2) is 19.6 Å². The lowest BCUT2D eigenvalue weighted by Crippen LogP contribution is -2.19. The molecule has 0 heterocycles. The van der Waals surface area contributed by atoms with Crippen molar-refractivity contribution in [2.75, 3.05) is 0 Å². The molecule has 0 spiro atoms. The van der Waals surface area contributed by atoms with E-state index in [0.717, 1.165) is 12.1 Å². The number of nitrogens with zero attached hydrogens (tertiary/aromatic N) is 2. The van der Waals surface area contributed by atoms with Gasteiger partial charge in [0.15, 0.2) is 4.90 Å². The van der Waals surface area contributed by atoms with E-state index in [9.17, 15) is 18.5 Å². The highest BCUT2D eigenvalue weighted by Gasteiger charge is 2.24. The largest absolute Gasteiger partial charge is 0.289 e. The molecule has 0 atom stereocenters. The summed E-state index contributed by atoms with van der Waals surface area (Å²) in [5.74, 6) is 0. The van der Waals surface area contributed by atoms with Gasteiger partial charge in [-0.25, -0.2) is 0 Å². The number of nitrogens with one attached hydrogen (secondary N) is 1. The molecule has 0 aliphatic heterocycles. The van der Waals surface area contributed by atoms with Gasteiger partial charge in [0, 0.05) is 16.7 Å². The van der Waals surface area contributed by atoms with Gasteiger partial charge < -0.3 is 0 Å². The van der Waals surface area contributed by atoms with Crippen LogP contribution in [0.4, 0.5) is 5.69 Å². The van der Waals surface area contributed by atoms with Crippen molar-refractivity contribution in [3.8, 4) is 0 Å². The van der Waals surface area contributed by atoms with Crippen LogP contribution in [0.15, 0.2) is 58.5 Å². The molecule has 0 aliphatic carbocycles. The number of nitro groups is 1. The smallest absolute Gasteiger partial charge is 0.258 e. The molecule has 2 rings (SSSR count). The summed E-state index contributed by atoms with van der Waals surface area (Å²) in [6, 6.07) is 11.7. The van der Waals surface area contributed by atoms with Crippen LogP contribution in [0.1, 0.15) is 5.56 Å². The van der Waals surface area contributed by atoms with Crippen LogP contribution in [0.2, 0.25) is 5.02 Å². The van der Waals surface area contributed by atoms with Crippen molar-refractivity contribution < 1.29 is 13.3 Å². The minimum absolute atomic E-state index is 0.399. The first-order valence-electron chi connectivity index (χ1n) is 5.94. The number of nitro benzene ring substituents is 1. The maximum atomic E-state index is 12.1. The lowest BCUT2D eigenvalue weighted by Gasteiger charge is -2.04. The summed E-state index contributed by atoms with van der Waals surface area (Å²) in [6.07, 6.45) is 1.22. The van der Waals surface area contributed by atoms with Crippen LogP contribution < -0.4 is 4.83 Å². The average Bonchev–Trinajstić information content (AvgIpc) is 2.49. The van der Waals surface area contributed by atoms with Gasteiger partial charge in [0.25, 0.3) is 15.7 Å². The van der Waals surface area contributed by atoms with Gasteiger partial charge in [0.2, 0.25) is 0 Å². The summed E-state index contributed by atoms with van der Waals surface area (Å²) in [7, 11) is -4.15. The van der Waals surface area contributed by atoms with Gasteiger partial charge >= 0.3 is 0 Å². The molecule has 0 unspecified atom stereocenters. The standard InChI is InChI=1S/C13H10ClN3O4S/c14-11-6-2-1-5-10(11)9-15-16-22(20,21)13-8-4-3-7-12(13)17(18)19/h1-9,16H/b15-9+. The van der Waals surface area contributed by atoms with Crippen molar-refractivity contribution in [2.45, 2.75) is 4.90 Å². The fourth-order valence-electron chi connectivity index (χ4n) is 1.63. The molecule has 0 saturated carbocycles. The van der Waals surface area contributed by atoms with Gasteiger partial charge in [-0.3, -0.25) is 10.1 Å². The van der Waals surface area contributed by atoms with Crippen LogP contribution in [0.3, 0.4) is 0 Å². The van der Waals surface area contributed by atoms with E-state index >= 15 is 0 Å². The highest BCUT2D eigenvalue weighted by molar-refractivity contribution is 7.89. The molecule has 114 valence electrons. The van der Waals surface area contributed by atoms with Gasteiger partial charge in [0.1, 0.15) is 0 Å². The molecular weight excluding hydrogens is 330 g/mol. The molecule has 0 aliphatic rings. The number of rotatable bonds is 5. The first-order valence-corrected chi connectivity index (χ1v) is 7.81. The molecule has 1 N–H and O–H groups in total. The molecular formula is C13H10ClN3O4S. The van der Waals surface area contributed by atoms with Crippen molar-refractivity contribution in [1.29, 1.82) is 0 Å². The number of benzene rings is 2. The monoisotopic (exact) mass is 339 g/mol. The van der Waals surface area contributed by atoms with E-state index in [0.29, 0.717) is 10.6 Å². The topological polar surface area (TPSA) is 102 Å². The minimum atomic E-state index is -4.15. The molecule has 7 nitrogen and oxygen atoms in total. The molecule has 0 radical (unpaired) electrons. The highest BCUT2D eigenvalue weighted by Crippen LogP contribution is 2.22. The summed E-state index contributed by atoms with van der Waals surface area (Å²) in [6.45, 7) is 0. The predicted molar refractivity (Wildman–Crippen MR) is 82.5 cm³/mol. The van der Waals surface area contributed by atoms with Crippen molar-refractivity contribution in [2.24, 2.45) is 5.10 Å². The van der Waals surface area contributed by atoms with Crippen LogP contribution in [-0.2, 0) is 10.0 Å². The quantitative estimate of drug-likeness (QED) is 0.513. The Morgan fingerprint density at radius 3 is 2.45 bits per heavy atom. The first kappa shape index (κ1) is 15.9. The van der Waals surface area contributed by atoms with Gasteiger partial charge in [-0.05, 0) is 12.1 Å². The number of halogens is 1. The molecule has 0 fully saturated rings. The zero-order valence-electron chi connectivity index (χ0n) is 11.0. The van der Waals surface area contributed by atoms with Gasteiger partial charge in [-0.15, -0.1) is 0 Å². The maximum Gasteiger partial charge on any atom is 0.289 e. The van der Waals surface area contributed by atoms with E-state index < -0.39 is 25.5 Å². The number of para-hydroxylation sites is 1. The molecule has 0 saturated heterocycles.